The average molecular weight is 563 g/mol. The van der Waals surface area contributed by atoms with Crippen molar-refractivity contribution in [3.8, 4) is 5.75 Å². The van der Waals surface area contributed by atoms with Gasteiger partial charge in [-0.15, -0.1) is 0 Å². The second kappa shape index (κ2) is 12.3. The molecule has 214 valence electrons. The number of hydrogen-bond acceptors (Lipinski definition) is 4. The third kappa shape index (κ3) is 6.38. The molecule has 3 heterocycles. The van der Waals surface area contributed by atoms with E-state index in [1.807, 2.05) is 83.4 Å². The molecule has 8 heteroatoms. The molecule has 3 aromatic carbocycles. The second-order valence-electron chi connectivity index (χ2n) is 11.1. The number of anilines is 1. The molecular weight excluding hydrogens is 528 g/mol. The number of rotatable bonds is 8. The summed E-state index contributed by atoms with van der Waals surface area (Å²) in [6.07, 6.45) is 1.31. The Labute approximate surface area is 244 Å². The normalized spacial score (nSPS) is 18.0. The van der Waals surface area contributed by atoms with Crippen molar-refractivity contribution in [2.45, 2.75) is 38.0 Å². The maximum atomic E-state index is 13.5. The van der Waals surface area contributed by atoms with Crippen LogP contribution in [0, 0.1) is 5.92 Å². The lowest BCUT2D eigenvalue weighted by Gasteiger charge is -2.43. The number of pyridine rings is 1. The molecule has 2 aliphatic heterocycles. The maximum absolute atomic E-state index is 13.5. The van der Waals surface area contributed by atoms with E-state index in [0.29, 0.717) is 44.1 Å². The first kappa shape index (κ1) is 27.3. The SMILES string of the molecule is O=C(Nc1ccc(OCc2ccccc2)cc1)[C@H](Cc1ccccc1)NC(=O)N1C[C@H]2C[C@@H](C1)c1cccc(=O)n1C2. The largest absolute Gasteiger partial charge is 0.489 e. The highest BCUT2D eigenvalue weighted by Crippen LogP contribution is 2.35. The van der Waals surface area contributed by atoms with Crippen LogP contribution in [0.1, 0.15) is 29.2 Å². The Morgan fingerprint density at radius 3 is 2.26 bits per heavy atom. The number of benzene rings is 3. The minimum Gasteiger partial charge on any atom is -0.489 e. The van der Waals surface area contributed by atoms with Crippen molar-refractivity contribution in [1.82, 2.24) is 14.8 Å². The number of ether oxygens (including phenoxy) is 1. The second-order valence-corrected chi connectivity index (χ2v) is 11.1. The van der Waals surface area contributed by atoms with Gasteiger partial charge in [-0.05, 0) is 53.8 Å². The Hall–Kier alpha value is -4.85. The van der Waals surface area contributed by atoms with Gasteiger partial charge in [0.15, 0.2) is 0 Å². The highest BCUT2D eigenvalue weighted by Gasteiger charge is 2.37. The van der Waals surface area contributed by atoms with Crippen molar-refractivity contribution in [3.05, 3.63) is 130 Å². The smallest absolute Gasteiger partial charge is 0.318 e. The molecule has 6 rings (SSSR count). The van der Waals surface area contributed by atoms with Gasteiger partial charge in [0, 0.05) is 49.4 Å². The predicted molar refractivity (Wildman–Crippen MR) is 161 cm³/mol. The summed E-state index contributed by atoms with van der Waals surface area (Å²) in [5.74, 6) is 0.706. The summed E-state index contributed by atoms with van der Waals surface area (Å²) in [5.41, 5.74) is 3.63. The Morgan fingerprint density at radius 2 is 1.52 bits per heavy atom. The van der Waals surface area contributed by atoms with Crippen molar-refractivity contribution in [2.75, 3.05) is 18.4 Å². The fourth-order valence-electron chi connectivity index (χ4n) is 5.97. The molecule has 2 bridgehead atoms. The van der Waals surface area contributed by atoms with E-state index in [2.05, 4.69) is 10.6 Å². The van der Waals surface area contributed by atoms with Gasteiger partial charge in [0.05, 0.1) is 0 Å². The lowest BCUT2D eigenvalue weighted by molar-refractivity contribution is -0.118. The van der Waals surface area contributed by atoms with E-state index >= 15 is 0 Å². The molecule has 8 nitrogen and oxygen atoms in total. The number of amides is 3. The zero-order chi connectivity index (χ0) is 28.9. The third-order valence-corrected chi connectivity index (χ3v) is 8.03. The van der Waals surface area contributed by atoms with Crippen molar-refractivity contribution >= 4 is 17.6 Å². The average Bonchev–Trinajstić information content (AvgIpc) is 3.02. The summed E-state index contributed by atoms with van der Waals surface area (Å²) in [7, 11) is 0. The molecule has 1 fully saturated rings. The molecule has 0 unspecified atom stereocenters. The van der Waals surface area contributed by atoms with Crippen LogP contribution in [0.2, 0.25) is 0 Å². The van der Waals surface area contributed by atoms with E-state index in [0.717, 1.165) is 23.2 Å². The van der Waals surface area contributed by atoms with Crippen LogP contribution >= 0.6 is 0 Å². The van der Waals surface area contributed by atoms with Crippen molar-refractivity contribution in [2.24, 2.45) is 5.92 Å². The Bertz CT molecular complexity index is 1590. The van der Waals surface area contributed by atoms with Crippen LogP contribution in [0.4, 0.5) is 10.5 Å². The van der Waals surface area contributed by atoms with E-state index in [4.69, 9.17) is 4.74 Å². The van der Waals surface area contributed by atoms with Gasteiger partial charge in [-0.1, -0.05) is 66.7 Å². The molecule has 3 atom stereocenters. The fourth-order valence-corrected chi connectivity index (χ4v) is 5.97. The van der Waals surface area contributed by atoms with Gasteiger partial charge in [0.2, 0.25) is 5.91 Å². The van der Waals surface area contributed by atoms with Crippen LogP contribution in [-0.4, -0.2) is 40.5 Å². The number of carbonyl (C=O) groups is 2. The van der Waals surface area contributed by atoms with Gasteiger partial charge in [-0.2, -0.15) is 0 Å². The van der Waals surface area contributed by atoms with Crippen molar-refractivity contribution in [3.63, 3.8) is 0 Å². The molecule has 1 aromatic heterocycles. The number of carbonyl (C=O) groups excluding carboxylic acids is 2. The molecule has 0 radical (unpaired) electrons. The Morgan fingerprint density at radius 1 is 0.810 bits per heavy atom. The van der Waals surface area contributed by atoms with Gasteiger partial charge in [0.25, 0.3) is 5.56 Å². The number of likely N-dealkylation sites (tertiary alicyclic amines) is 1. The van der Waals surface area contributed by atoms with Gasteiger partial charge < -0.3 is 24.8 Å². The fraction of sp³-hybridized carbons (Fsp3) is 0.265. The Balaban J connectivity index is 1.12. The molecule has 4 aromatic rings. The standard InChI is InChI=1S/C34H34N4O4/c39-32-13-7-12-31-27-18-26(21-38(31)32)20-37(22-27)34(41)36-30(19-24-8-3-1-4-9-24)33(40)35-28-14-16-29(17-15-28)42-23-25-10-5-2-6-11-25/h1-17,26-27,30H,18-23H2,(H,35,40)(H,36,41)/t26-,27+,30+/m1/s1. The van der Waals surface area contributed by atoms with E-state index in [9.17, 15) is 14.4 Å². The Kier molecular flexibility index (Phi) is 8.03. The number of urea groups is 1. The molecule has 1 saturated heterocycles. The van der Waals surface area contributed by atoms with Gasteiger partial charge >= 0.3 is 6.03 Å². The zero-order valence-corrected chi connectivity index (χ0v) is 23.3. The minimum absolute atomic E-state index is 0.00971. The minimum atomic E-state index is -0.773. The molecule has 0 spiro atoms. The molecule has 3 amide bonds. The van der Waals surface area contributed by atoms with Crippen LogP contribution < -0.4 is 20.9 Å². The molecule has 0 aliphatic carbocycles. The molecule has 2 aliphatic rings. The van der Waals surface area contributed by atoms with Crippen LogP contribution in [0.25, 0.3) is 0 Å². The number of nitrogens with zero attached hydrogens (tertiary/aromatic N) is 2. The summed E-state index contributed by atoms with van der Waals surface area (Å²) in [5, 5.41) is 5.98. The molecular formula is C34H34N4O4. The van der Waals surface area contributed by atoms with Crippen LogP contribution in [0.3, 0.4) is 0 Å². The number of hydrogen-bond donors (Lipinski definition) is 2. The monoisotopic (exact) mass is 562 g/mol. The summed E-state index contributed by atoms with van der Waals surface area (Å²) in [4.78, 5) is 41.2. The van der Waals surface area contributed by atoms with E-state index < -0.39 is 6.04 Å². The summed E-state index contributed by atoms with van der Waals surface area (Å²) in [6, 6.07) is 31.1. The van der Waals surface area contributed by atoms with E-state index in [1.54, 1.807) is 29.2 Å². The van der Waals surface area contributed by atoms with Gasteiger partial charge in [-0.3, -0.25) is 9.59 Å². The number of piperidine rings is 1. The van der Waals surface area contributed by atoms with Crippen LogP contribution in [0.15, 0.2) is 108 Å². The zero-order valence-electron chi connectivity index (χ0n) is 23.3. The van der Waals surface area contributed by atoms with E-state index in [-0.39, 0.29) is 29.3 Å². The lowest BCUT2D eigenvalue weighted by Crippen LogP contribution is -2.55. The van der Waals surface area contributed by atoms with Crippen molar-refractivity contribution < 1.29 is 14.3 Å². The molecule has 42 heavy (non-hydrogen) atoms. The first-order chi connectivity index (χ1) is 20.5. The summed E-state index contributed by atoms with van der Waals surface area (Å²) >= 11 is 0. The van der Waals surface area contributed by atoms with Crippen LogP contribution in [-0.2, 0) is 24.4 Å². The lowest BCUT2D eigenvalue weighted by atomic mass is 9.83. The first-order valence-corrected chi connectivity index (χ1v) is 14.4. The van der Waals surface area contributed by atoms with Gasteiger partial charge in [0.1, 0.15) is 18.4 Å². The highest BCUT2D eigenvalue weighted by molar-refractivity contribution is 5.97. The summed E-state index contributed by atoms with van der Waals surface area (Å²) < 4.78 is 7.71. The quantitative estimate of drug-likeness (QED) is 0.323. The number of aromatic nitrogens is 1. The molecule has 2 N–H and O–H groups in total. The number of nitrogens with one attached hydrogen (secondary N) is 2. The molecule has 0 saturated carbocycles. The highest BCUT2D eigenvalue weighted by atomic mass is 16.5. The number of fused-ring (bicyclic) bond motifs is 4. The first-order valence-electron chi connectivity index (χ1n) is 14.4. The summed E-state index contributed by atoms with van der Waals surface area (Å²) in [6.45, 7) is 2.12. The van der Waals surface area contributed by atoms with Gasteiger partial charge in [-0.25, -0.2) is 4.79 Å². The predicted octanol–water partition coefficient (Wildman–Crippen LogP) is 4.81. The third-order valence-electron chi connectivity index (χ3n) is 8.03. The topological polar surface area (TPSA) is 92.7 Å². The maximum Gasteiger partial charge on any atom is 0.318 e. The van der Waals surface area contributed by atoms with Crippen LogP contribution in [0.5, 0.6) is 5.75 Å². The van der Waals surface area contributed by atoms with Crippen molar-refractivity contribution in [1.29, 1.82) is 0 Å². The van der Waals surface area contributed by atoms with E-state index in [1.165, 1.54) is 0 Å².